The highest BCUT2D eigenvalue weighted by molar-refractivity contribution is 6.33. The standard InChI is InChI=1S/C18H22ClN3O6/c1-4-12-15(17(24)27-5-2)13(22-18(25)21-12)8-28-16(23)9-6-10(19)11(20)7-14(9)26-3/h6-7,12H,4-5,8,20H2,1-3H3,(H2,21,22,25)/t12-/m0/s1. The second-order valence-electron chi connectivity index (χ2n) is 5.82. The Balaban J connectivity index is 2.29. The maximum Gasteiger partial charge on any atom is 0.342 e. The van der Waals surface area contributed by atoms with Crippen LogP contribution in [0.5, 0.6) is 5.75 Å². The van der Waals surface area contributed by atoms with Crippen molar-refractivity contribution in [3.8, 4) is 5.75 Å². The summed E-state index contributed by atoms with van der Waals surface area (Å²) in [5, 5.41) is 5.30. The lowest BCUT2D eigenvalue weighted by Gasteiger charge is -2.28. The third-order valence-corrected chi connectivity index (χ3v) is 4.36. The van der Waals surface area contributed by atoms with Crippen LogP contribution in [0.2, 0.25) is 5.02 Å². The van der Waals surface area contributed by atoms with Crippen molar-refractivity contribution in [1.82, 2.24) is 10.6 Å². The predicted octanol–water partition coefficient (Wildman–Crippen LogP) is 2.00. The van der Waals surface area contributed by atoms with Crippen molar-refractivity contribution in [2.24, 2.45) is 0 Å². The second kappa shape index (κ2) is 9.32. The quantitative estimate of drug-likeness (QED) is 0.462. The molecule has 28 heavy (non-hydrogen) atoms. The molecule has 0 unspecified atom stereocenters. The third-order valence-electron chi connectivity index (χ3n) is 4.03. The Morgan fingerprint density at radius 2 is 1.93 bits per heavy atom. The van der Waals surface area contributed by atoms with Crippen molar-refractivity contribution in [2.45, 2.75) is 26.3 Å². The minimum absolute atomic E-state index is 0.0623. The molecule has 2 amide bonds. The fourth-order valence-electron chi connectivity index (χ4n) is 2.69. The second-order valence-corrected chi connectivity index (χ2v) is 6.23. The molecule has 0 spiro atoms. The fourth-order valence-corrected chi connectivity index (χ4v) is 2.85. The van der Waals surface area contributed by atoms with Crippen molar-refractivity contribution in [1.29, 1.82) is 0 Å². The van der Waals surface area contributed by atoms with Crippen LogP contribution in [-0.4, -0.2) is 44.3 Å². The highest BCUT2D eigenvalue weighted by atomic mass is 35.5. The molecule has 4 N–H and O–H groups in total. The van der Waals surface area contributed by atoms with Gasteiger partial charge in [-0.2, -0.15) is 0 Å². The van der Waals surface area contributed by atoms with Gasteiger partial charge in [-0.1, -0.05) is 18.5 Å². The molecule has 1 aliphatic heterocycles. The maximum absolute atomic E-state index is 12.5. The van der Waals surface area contributed by atoms with E-state index < -0.39 is 24.0 Å². The molecule has 10 heteroatoms. The summed E-state index contributed by atoms with van der Waals surface area (Å²) in [5.74, 6) is -1.16. The number of carbonyl (C=O) groups is 3. The van der Waals surface area contributed by atoms with Crippen LogP contribution < -0.4 is 21.1 Å². The first-order valence-electron chi connectivity index (χ1n) is 8.60. The molecular weight excluding hydrogens is 390 g/mol. The van der Waals surface area contributed by atoms with Crippen LogP contribution in [0.25, 0.3) is 0 Å². The fraction of sp³-hybridized carbons (Fsp3) is 0.389. The van der Waals surface area contributed by atoms with Gasteiger partial charge in [0.2, 0.25) is 0 Å². The van der Waals surface area contributed by atoms with Gasteiger partial charge in [-0.05, 0) is 19.4 Å². The highest BCUT2D eigenvalue weighted by Crippen LogP contribution is 2.29. The molecule has 0 aromatic heterocycles. The molecule has 1 aliphatic rings. The first-order valence-corrected chi connectivity index (χ1v) is 8.97. The Morgan fingerprint density at radius 1 is 1.21 bits per heavy atom. The van der Waals surface area contributed by atoms with E-state index in [1.54, 1.807) is 13.8 Å². The Morgan fingerprint density at radius 3 is 2.54 bits per heavy atom. The van der Waals surface area contributed by atoms with Gasteiger partial charge in [0.25, 0.3) is 0 Å². The number of anilines is 1. The van der Waals surface area contributed by atoms with E-state index in [9.17, 15) is 14.4 Å². The minimum Gasteiger partial charge on any atom is -0.496 e. The molecule has 0 fully saturated rings. The molecule has 1 atom stereocenters. The topological polar surface area (TPSA) is 129 Å². The van der Waals surface area contributed by atoms with Crippen molar-refractivity contribution >= 4 is 35.3 Å². The number of nitrogens with one attached hydrogen (secondary N) is 2. The van der Waals surface area contributed by atoms with E-state index >= 15 is 0 Å². The van der Waals surface area contributed by atoms with Crippen molar-refractivity contribution in [3.05, 3.63) is 34.0 Å². The van der Waals surface area contributed by atoms with Gasteiger partial charge in [0, 0.05) is 6.07 Å². The number of nitrogen functional groups attached to an aromatic ring is 1. The van der Waals surface area contributed by atoms with Crippen LogP contribution in [0.3, 0.4) is 0 Å². The van der Waals surface area contributed by atoms with Crippen LogP contribution in [0, 0.1) is 0 Å². The molecule has 0 radical (unpaired) electrons. The summed E-state index contributed by atoms with van der Waals surface area (Å²) in [6.07, 6.45) is 0.459. The number of ether oxygens (including phenoxy) is 3. The highest BCUT2D eigenvalue weighted by Gasteiger charge is 2.32. The lowest BCUT2D eigenvalue weighted by molar-refractivity contribution is -0.139. The summed E-state index contributed by atoms with van der Waals surface area (Å²) in [4.78, 5) is 36.7. The minimum atomic E-state index is -0.754. The van der Waals surface area contributed by atoms with Gasteiger partial charge in [0.15, 0.2) is 0 Å². The molecule has 1 aromatic rings. The summed E-state index contributed by atoms with van der Waals surface area (Å²) < 4.78 is 15.5. The molecule has 152 valence electrons. The van der Waals surface area contributed by atoms with E-state index in [4.69, 9.17) is 31.5 Å². The number of halogens is 1. The zero-order chi connectivity index (χ0) is 20.8. The molecule has 1 aromatic carbocycles. The summed E-state index contributed by atoms with van der Waals surface area (Å²) in [5.41, 5.74) is 6.38. The third kappa shape index (κ3) is 4.66. The average Bonchev–Trinajstić information content (AvgIpc) is 2.67. The normalized spacial score (nSPS) is 16.1. The van der Waals surface area contributed by atoms with E-state index in [0.717, 1.165) is 0 Å². The van der Waals surface area contributed by atoms with E-state index in [-0.39, 0.29) is 46.5 Å². The Bertz CT molecular complexity index is 824. The van der Waals surface area contributed by atoms with Crippen molar-refractivity contribution in [2.75, 3.05) is 26.1 Å². The van der Waals surface area contributed by atoms with Crippen molar-refractivity contribution in [3.63, 3.8) is 0 Å². The number of hydrogen-bond acceptors (Lipinski definition) is 7. The molecule has 1 heterocycles. The van der Waals surface area contributed by atoms with Crippen LogP contribution in [0.15, 0.2) is 23.4 Å². The Kier molecular flexibility index (Phi) is 7.11. The van der Waals surface area contributed by atoms with E-state index in [1.807, 2.05) is 0 Å². The molecular formula is C18H22ClN3O6. The number of carbonyl (C=O) groups excluding carboxylic acids is 3. The molecule has 0 saturated carbocycles. The van der Waals surface area contributed by atoms with Crippen molar-refractivity contribution < 1.29 is 28.6 Å². The number of nitrogens with two attached hydrogens (primary N) is 1. The number of amides is 2. The van der Waals surface area contributed by atoms with Gasteiger partial charge in [0.1, 0.15) is 17.9 Å². The average molecular weight is 412 g/mol. The van der Waals surface area contributed by atoms with Crippen LogP contribution in [0.4, 0.5) is 10.5 Å². The summed E-state index contributed by atoms with van der Waals surface area (Å²) in [7, 11) is 1.37. The first kappa shape index (κ1) is 21.4. The lowest BCUT2D eigenvalue weighted by atomic mass is 10.0. The van der Waals surface area contributed by atoms with E-state index in [0.29, 0.717) is 6.42 Å². The summed E-state index contributed by atoms with van der Waals surface area (Å²) >= 11 is 5.97. The number of benzene rings is 1. The van der Waals surface area contributed by atoms with Gasteiger partial charge in [-0.25, -0.2) is 14.4 Å². The summed E-state index contributed by atoms with van der Waals surface area (Å²) in [6.45, 7) is 3.30. The number of hydrogen-bond donors (Lipinski definition) is 3. The SMILES string of the molecule is CCOC(=O)C1=C(COC(=O)c2cc(Cl)c(N)cc2OC)NC(=O)N[C@H]1CC. The Hall–Kier alpha value is -2.94. The molecule has 0 saturated heterocycles. The number of methoxy groups -OCH3 is 1. The van der Waals surface area contributed by atoms with Crippen LogP contribution >= 0.6 is 11.6 Å². The molecule has 0 bridgehead atoms. The maximum atomic E-state index is 12.5. The predicted molar refractivity (Wildman–Crippen MR) is 102 cm³/mol. The van der Waals surface area contributed by atoms with E-state index in [1.165, 1.54) is 19.2 Å². The summed E-state index contributed by atoms with van der Waals surface area (Å²) in [6, 6.07) is 1.68. The van der Waals surface area contributed by atoms with E-state index in [2.05, 4.69) is 10.6 Å². The number of urea groups is 1. The van der Waals surface area contributed by atoms with Gasteiger partial charge in [-0.3, -0.25) is 0 Å². The van der Waals surface area contributed by atoms with Gasteiger partial charge < -0.3 is 30.6 Å². The smallest absolute Gasteiger partial charge is 0.342 e. The number of esters is 2. The van der Waals surface area contributed by atoms with Gasteiger partial charge >= 0.3 is 18.0 Å². The monoisotopic (exact) mass is 411 g/mol. The first-order chi connectivity index (χ1) is 13.3. The van der Waals surface area contributed by atoms with Crippen LogP contribution in [-0.2, 0) is 14.3 Å². The molecule has 9 nitrogen and oxygen atoms in total. The lowest BCUT2D eigenvalue weighted by Crippen LogP contribution is -2.51. The van der Waals surface area contributed by atoms with Gasteiger partial charge in [0.05, 0.1) is 41.7 Å². The number of rotatable bonds is 7. The van der Waals surface area contributed by atoms with Crippen LogP contribution in [0.1, 0.15) is 30.6 Å². The zero-order valence-corrected chi connectivity index (χ0v) is 16.5. The Labute approximate surface area is 167 Å². The van der Waals surface area contributed by atoms with Gasteiger partial charge in [-0.15, -0.1) is 0 Å². The largest absolute Gasteiger partial charge is 0.496 e. The molecule has 0 aliphatic carbocycles. The zero-order valence-electron chi connectivity index (χ0n) is 15.8. The molecule has 2 rings (SSSR count).